The summed E-state index contributed by atoms with van der Waals surface area (Å²) in [6.45, 7) is 4.22. The van der Waals surface area contributed by atoms with Crippen LogP contribution in [0.4, 0.5) is 5.69 Å². The fourth-order valence-electron chi connectivity index (χ4n) is 3.87. The largest absolute Gasteiger partial charge is 0.375 e. The molecule has 7 heteroatoms. The summed E-state index contributed by atoms with van der Waals surface area (Å²) in [5.74, 6) is -0.241. The van der Waals surface area contributed by atoms with Crippen molar-refractivity contribution >= 4 is 21.6 Å². The van der Waals surface area contributed by atoms with Crippen molar-refractivity contribution in [3.05, 3.63) is 59.7 Å². The van der Waals surface area contributed by atoms with Gasteiger partial charge >= 0.3 is 0 Å². The molecule has 6 nitrogen and oxygen atoms in total. The van der Waals surface area contributed by atoms with Crippen molar-refractivity contribution in [1.82, 2.24) is 9.62 Å². The van der Waals surface area contributed by atoms with Crippen LogP contribution in [0.3, 0.4) is 0 Å². The Morgan fingerprint density at radius 1 is 1.03 bits per heavy atom. The van der Waals surface area contributed by atoms with Gasteiger partial charge in [0.25, 0.3) is 5.91 Å². The summed E-state index contributed by atoms with van der Waals surface area (Å²) in [4.78, 5) is 15.0. The second-order valence-electron chi connectivity index (χ2n) is 8.17. The Hall–Kier alpha value is -2.38. The molecule has 0 spiro atoms. The summed E-state index contributed by atoms with van der Waals surface area (Å²) in [5, 5.41) is 2.92. The molecule has 0 saturated carbocycles. The summed E-state index contributed by atoms with van der Waals surface area (Å²) in [6.07, 6.45) is 4.69. The van der Waals surface area contributed by atoms with Gasteiger partial charge in [-0.3, -0.25) is 4.79 Å². The first-order valence-electron chi connectivity index (χ1n) is 11.0. The van der Waals surface area contributed by atoms with Crippen molar-refractivity contribution in [2.45, 2.75) is 43.9 Å². The number of nitrogens with one attached hydrogen (secondary N) is 1. The number of nitrogens with zero attached hydrogens (tertiary/aromatic N) is 2. The van der Waals surface area contributed by atoms with Gasteiger partial charge < -0.3 is 10.2 Å². The molecule has 1 saturated heterocycles. The number of amides is 1. The average Bonchev–Trinajstić information content (AvgIpc) is 3.07. The highest BCUT2D eigenvalue weighted by molar-refractivity contribution is 7.89. The molecule has 1 amide bonds. The topological polar surface area (TPSA) is 69.7 Å². The minimum atomic E-state index is -3.59. The zero-order valence-electron chi connectivity index (χ0n) is 18.5. The number of rotatable bonds is 8. The van der Waals surface area contributed by atoms with Crippen LogP contribution in [0.2, 0.25) is 0 Å². The summed E-state index contributed by atoms with van der Waals surface area (Å²) in [6, 6.07) is 15.0. The monoisotopic (exact) mass is 443 g/mol. The molecule has 1 heterocycles. The smallest absolute Gasteiger partial charge is 0.251 e. The quantitative estimate of drug-likeness (QED) is 0.630. The molecule has 2 aromatic rings. The highest BCUT2D eigenvalue weighted by Gasteiger charge is 2.27. The van der Waals surface area contributed by atoms with Crippen molar-refractivity contribution in [3.63, 3.8) is 0 Å². The van der Waals surface area contributed by atoms with E-state index in [0.717, 1.165) is 44.3 Å². The lowest BCUT2D eigenvalue weighted by Gasteiger charge is -2.21. The Balaban J connectivity index is 1.60. The van der Waals surface area contributed by atoms with E-state index >= 15 is 0 Å². The van der Waals surface area contributed by atoms with E-state index < -0.39 is 10.0 Å². The van der Waals surface area contributed by atoms with Crippen LogP contribution in [0.1, 0.15) is 48.0 Å². The highest BCUT2D eigenvalue weighted by Crippen LogP contribution is 2.24. The van der Waals surface area contributed by atoms with E-state index in [1.165, 1.54) is 6.07 Å². The van der Waals surface area contributed by atoms with E-state index in [1.807, 2.05) is 25.2 Å². The molecule has 0 aliphatic carbocycles. The third kappa shape index (κ3) is 6.08. The van der Waals surface area contributed by atoms with Crippen molar-refractivity contribution in [2.75, 3.05) is 38.1 Å². The first kappa shape index (κ1) is 23.3. The SMILES string of the molecule is Cc1ccc(C(=O)NCCCN(C)c2ccccc2)cc1S(=O)(=O)N1CCCCCC1. The van der Waals surface area contributed by atoms with Gasteiger partial charge in [-0.25, -0.2) is 8.42 Å². The van der Waals surface area contributed by atoms with Crippen LogP contribution in [-0.4, -0.2) is 51.9 Å². The predicted molar refractivity (Wildman–Crippen MR) is 125 cm³/mol. The number of anilines is 1. The maximum Gasteiger partial charge on any atom is 0.251 e. The van der Waals surface area contributed by atoms with Gasteiger partial charge in [-0.1, -0.05) is 37.1 Å². The Morgan fingerprint density at radius 2 is 1.71 bits per heavy atom. The molecule has 2 aromatic carbocycles. The van der Waals surface area contributed by atoms with Crippen LogP contribution < -0.4 is 10.2 Å². The molecule has 1 aliphatic heterocycles. The van der Waals surface area contributed by atoms with E-state index in [4.69, 9.17) is 0 Å². The molecule has 0 bridgehead atoms. The van der Waals surface area contributed by atoms with E-state index in [9.17, 15) is 13.2 Å². The summed E-state index contributed by atoms with van der Waals surface area (Å²) in [5.41, 5.74) is 2.19. The number of carbonyl (C=O) groups excluding carboxylic acids is 1. The van der Waals surface area contributed by atoms with Crippen molar-refractivity contribution in [3.8, 4) is 0 Å². The number of hydrogen-bond acceptors (Lipinski definition) is 4. The van der Waals surface area contributed by atoms with Crippen molar-refractivity contribution in [1.29, 1.82) is 0 Å². The lowest BCUT2D eigenvalue weighted by atomic mass is 10.1. The molecule has 0 unspecified atom stereocenters. The molecule has 1 N–H and O–H groups in total. The molecule has 0 atom stereocenters. The molecule has 168 valence electrons. The molecule has 31 heavy (non-hydrogen) atoms. The minimum Gasteiger partial charge on any atom is -0.375 e. The Labute approximate surface area is 186 Å². The van der Waals surface area contributed by atoms with Crippen LogP contribution in [0.25, 0.3) is 0 Å². The number of para-hydroxylation sites is 1. The molecular weight excluding hydrogens is 410 g/mol. The van der Waals surface area contributed by atoms with Crippen LogP contribution >= 0.6 is 0 Å². The number of sulfonamides is 1. The lowest BCUT2D eigenvalue weighted by Crippen LogP contribution is -2.33. The van der Waals surface area contributed by atoms with E-state index in [0.29, 0.717) is 30.8 Å². The van der Waals surface area contributed by atoms with Gasteiger partial charge in [0.1, 0.15) is 0 Å². The Kier molecular flexibility index (Phi) is 8.09. The van der Waals surface area contributed by atoms with Gasteiger partial charge in [-0.2, -0.15) is 4.31 Å². The van der Waals surface area contributed by atoms with Crippen LogP contribution in [-0.2, 0) is 10.0 Å². The molecule has 0 aromatic heterocycles. The molecule has 1 fully saturated rings. The van der Waals surface area contributed by atoms with Crippen LogP contribution in [0.15, 0.2) is 53.4 Å². The number of hydrogen-bond donors (Lipinski definition) is 1. The minimum absolute atomic E-state index is 0.241. The average molecular weight is 444 g/mol. The number of aryl methyl sites for hydroxylation is 1. The van der Waals surface area contributed by atoms with E-state index in [1.54, 1.807) is 23.4 Å². The molecule has 3 rings (SSSR count). The van der Waals surface area contributed by atoms with Gasteiger partial charge in [-0.05, 0) is 56.0 Å². The maximum atomic E-state index is 13.2. The number of carbonyl (C=O) groups is 1. The van der Waals surface area contributed by atoms with Crippen molar-refractivity contribution < 1.29 is 13.2 Å². The van der Waals surface area contributed by atoms with Gasteiger partial charge in [0, 0.05) is 44.5 Å². The predicted octanol–water partition coefficient (Wildman–Crippen LogP) is 3.82. The van der Waals surface area contributed by atoms with Gasteiger partial charge in [0.15, 0.2) is 0 Å². The Bertz CT molecular complexity index is 969. The number of benzene rings is 2. The van der Waals surface area contributed by atoms with Gasteiger partial charge in [0.05, 0.1) is 4.90 Å². The third-order valence-corrected chi connectivity index (χ3v) is 7.83. The molecular formula is C24H33N3O3S. The normalized spacial score (nSPS) is 15.3. The van der Waals surface area contributed by atoms with Crippen LogP contribution in [0, 0.1) is 6.92 Å². The fourth-order valence-corrected chi connectivity index (χ4v) is 5.64. The zero-order chi connectivity index (χ0) is 22.3. The van der Waals surface area contributed by atoms with Gasteiger partial charge in [-0.15, -0.1) is 0 Å². The zero-order valence-corrected chi connectivity index (χ0v) is 19.3. The van der Waals surface area contributed by atoms with E-state index in [-0.39, 0.29) is 10.8 Å². The first-order chi connectivity index (χ1) is 14.9. The van der Waals surface area contributed by atoms with Crippen LogP contribution in [0.5, 0.6) is 0 Å². The lowest BCUT2D eigenvalue weighted by molar-refractivity contribution is 0.0953. The third-order valence-electron chi connectivity index (χ3n) is 5.79. The standard InChI is InChI=1S/C24H33N3O3S/c1-20-13-14-21(19-23(20)31(29,30)27-17-8-3-4-9-18-27)24(28)25-15-10-16-26(2)22-11-6-5-7-12-22/h5-7,11-14,19H,3-4,8-10,15-18H2,1-2H3,(H,25,28). The molecule has 1 aliphatic rings. The highest BCUT2D eigenvalue weighted by atomic mass is 32.2. The van der Waals surface area contributed by atoms with Crippen molar-refractivity contribution in [2.24, 2.45) is 0 Å². The second-order valence-corrected chi connectivity index (χ2v) is 10.1. The summed E-state index contributed by atoms with van der Waals surface area (Å²) in [7, 11) is -1.57. The molecule has 0 radical (unpaired) electrons. The Morgan fingerprint density at radius 3 is 2.39 bits per heavy atom. The van der Waals surface area contributed by atoms with E-state index in [2.05, 4.69) is 22.3 Å². The maximum absolute atomic E-state index is 13.2. The van der Waals surface area contributed by atoms with Gasteiger partial charge in [0.2, 0.25) is 10.0 Å². The fraction of sp³-hybridized carbons (Fsp3) is 0.458. The first-order valence-corrected chi connectivity index (χ1v) is 12.5. The summed E-state index contributed by atoms with van der Waals surface area (Å²) >= 11 is 0. The second kappa shape index (κ2) is 10.8. The summed E-state index contributed by atoms with van der Waals surface area (Å²) < 4.78 is 28.0.